The lowest BCUT2D eigenvalue weighted by Gasteiger charge is -2.19. The lowest BCUT2D eigenvalue weighted by molar-refractivity contribution is 0.0846. The molecule has 552 valence electrons. The highest BCUT2D eigenvalue weighted by atomic mass is 79.9. The third-order valence-corrected chi connectivity index (χ3v) is 17.8. The summed E-state index contributed by atoms with van der Waals surface area (Å²) in [5, 5.41) is 7.09. The van der Waals surface area contributed by atoms with Gasteiger partial charge in [-0.05, 0) is 132 Å². The molecule has 5 aromatic rings. The molecule has 0 radical (unpaired) electrons. The highest BCUT2D eigenvalue weighted by Gasteiger charge is 2.23. The maximum atomic E-state index is 13.4. The zero-order valence-electron chi connectivity index (χ0n) is 60.4. The predicted molar refractivity (Wildman–Crippen MR) is 417 cm³/mol. The number of amides is 2. The fourth-order valence-corrected chi connectivity index (χ4v) is 11.4. The Hall–Kier alpha value is -4.18. The molecule has 0 unspecified atom stereocenters. The molecule has 2 amide bonds. The molecule has 0 aliphatic heterocycles. The van der Waals surface area contributed by atoms with Crippen molar-refractivity contribution in [3.63, 3.8) is 0 Å². The van der Waals surface area contributed by atoms with E-state index >= 15 is 0 Å². The number of hydrogen-bond donors (Lipinski definition) is 2. The number of benzene rings is 4. The largest absolute Gasteiger partial charge is 0.490 e. The molecule has 0 atom stereocenters. The first-order valence-corrected chi connectivity index (χ1v) is 44.0. The number of hydrogen-bond acceptors (Lipinski definition) is 12. The summed E-state index contributed by atoms with van der Waals surface area (Å²) in [6.45, 7) is 17.0. The Bertz CT molecular complexity index is 2800. The maximum Gasteiger partial charge on any atom is 0.339 e. The van der Waals surface area contributed by atoms with E-state index in [9.17, 15) is 14.2 Å². The van der Waals surface area contributed by atoms with E-state index in [-0.39, 0.29) is 0 Å². The van der Waals surface area contributed by atoms with Crippen LogP contribution in [0.3, 0.4) is 0 Å². The van der Waals surface area contributed by atoms with E-state index in [0.29, 0.717) is 102 Å². The molecular formula is C78H120Br2Cl3N4O10P. The summed E-state index contributed by atoms with van der Waals surface area (Å²) in [6, 6.07) is 22.7. The van der Waals surface area contributed by atoms with Gasteiger partial charge in [0.05, 0.1) is 39.6 Å². The van der Waals surface area contributed by atoms with Crippen LogP contribution < -0.4 is 39.3 Å². The first-order chi connectivity index (χ1) is 47.7. The number of alkyl halides is 2. The van der Waals surface area contributed by atoms with E-state index in [4.69, 9.17) is 32.8 Å². The second kappa shape index (κ2) is 57.3. The van der Waals surface area contributed by atoms with E-state index < -0.39 is 17.0 Å². The van der Waals surface area contributed by atoms with Crippen LogP contribution in [-0.4, -0.2) is 61.7 Å². The quantitative estimate of drug-likeness (QED) is 0.0164. The van der Waals surface area contributed by atoms with Gasteiger partial charge < -0.3 is 32.8 Å². The number of carbonyl (C=O) groups is 2. The standard InChI is InChI=1S/C39H61BrN2O5.C39H59BrN2O4.Cl3OP/c1-4-7-10-13-16-19-26-45-35-29-34(39(44)42-41-38(43)33-24-22-32(31-40)23-25-33)30-36(46-27-20-17-14-11-8-5-2)37(35)47-28-21-18-15-12-9-6-3;1-4-7-10-13-16-19-26-43-35-29-34(39-42-41-38(46-39)33-24-22-32(31-40)23-25-33)30-36(44-27-20-17-14-11-8-5-2)37(35)45-28-21-18-15-12-9-6-3;1-5(2,3)4/h22-25,29-30H,4-21,26-28,31H2,1-3H3,(H,41,43)(H,42,44);22-25,29-30H,4-21,26-28,31H2,1-3H3;. The Morgan fingerprint density at radius 3 is 0.929 bits per heavy atom. The van der Waals surface area contributed by atoms with Gasteiger partial charge >= 0.3 is 5.20 Å². The fraction of sp³-hybridized carbons (Fsp3) is 0.641. The molecule has 98 heavy (non-hydrogen) atoms. The van der Waals surface area contributed by atoms with Crippen molar-refractivity contribution >= 4 is 82.6 Å². The van der Waals surface area contributed by atoms with Crippen molar-refractivity contribution < 1.29 is 47.0 Å². The minimum Gasteiger partial charge on any atom is -0.490 e. The number of aromatic nitrogens is 2. The van der Waals surface area contributed by atoms with Crippen LogP contribution in [0.5, 0.6) is 34.5 Å². The monoisotopic (exact) mass is 1570 g/mol. The van der Waals surface area contributed by atoms with Crippen molar-refractivity contribution in [3.8, 4) is 57.4 Å². The molecule has 0 aliphatic rings. The molecule has 0 bridgehead atoms. The van der Waals surface area contributed by atoms with Gasteiger partial charge in [0.2, 0.25) is 23.3 Å². The van der Waals surface area contributed by atoms with Crippen LogP contribution in [0.15, 0.2) is 77.2 Å². The number of nitrogens with one attached hydrogen (secondary N) is 2. The summed E-state index contributed by atoms with van der Waals surface area (Å²) < 4.78 is 54.0. The Kier molecular flexibility index (Phi) is 51.5. The van der Waals surface area contributed by atoms with Crippen molar-refractivity contribution in [3.05, 3.63) is 95.1 Å². The van der Waals surface area contributed by atoms with Crippen molar-refractivity contribution in [2.45, 2.75) is 283 Å². The van der Waals surface area contributed by atoms with Crippen molar-refractivity contribution in [2.75, 3.05) is 39.6 Å². The van der Waals surface area contributed by atoms with Gasteiger partial charge in [0.1, 0.15) is 0 Å². The Morgan fingerprint density at radius 1 is 0.367 bits per heavy atom. The molecule has 0 saturated carbocycles. The molecule has 1 aromatic heterocycles. The SMILES string of the molecule is CCCCCCCCOc1cc(-c2nnc(-c3ccc(CBr)cc3)o2)cc(OCCCCCCCC)c1OCCCCCCCC.CCCCCCCCOc1cc(C(=O)NNC(=O)c2ccc(CBr)cc2)cc(OCCCCCCCC)c1OCCCCCCCC.O=P(Cl)(Cl)Cl. The van der Waals surface area contributed by atoms with Crippen LogP contribution in [0.25, 0.3) is 22.9 Å². The molecule has 0 saturated heterocycles. The molecule has 0 fully saturated rings. The zero-order valence-corrected chi connectivity index (χ0v) is 66.7. The minimum atomic E-state index is -3.22. The van der Waals surface area contributed by atoms with Gasteiger partial charge in [-0.2, -0.15) is 0 Å². The lowest BCUT2D eigenvalue weighted by atomic mass is 10.1. The summed E-state index contributed by atoms with van der Waals surface area (Å²) >= 11 is 20.8. The number of carbonyl (C=O) groups excluding carboxylic acids is 2. The molecule has 0 spiro atoms. The van der Waals surface area contributed by atoms with Crippen LogP contribution in [0.1, 0.15) is 305 Å². The molecule has 14 nitrogen and oxygen atoms in total. The smallest absolute Gasteiger partial charge is 0.339 e. The number of halogens is 5. The Balaban J connectivity index is 0.000000477. The highest BCUT2D eigenvalue weighted by molar-refractivity contribution is 9.08. The summed E-state index contributed by atoms with van der Waals surface area (Å²) in [5.74, 6) is 3.73. The van der Waals surface area contributed by atoms with E-state index in [1.165, 1.54) is 166 Å². The third kappa shape index (κ3) is 41.1. The summed E-state index contributed by atoms with van der Waals surface area (Å²) in [5.41, 5.74) is 9.83. The predicted octanol–water partition coefficient (Wildman–Crippen LogP) is 26.2. The number of rotatable bonds is 54. The second-order valence-corrected chi connectivity index (χ2v) is 32.9. The zero-order chi connectivity index (χ0) is 71.1. The van der Waals surface area contributed by atoms with Crippen LogP contribution in [0.4, 0.5) is 0 Å². The van der Waals surface area contributed by atoms with Crippen LogP contribution >= 0.6 is 70.8 Å². The fourth-order valence-electron chi connectivity index (χ4n) is 10.7. The van der Waals surface area contributed by atoms with Gasteiger partial charge in [0, 0.05) is 32.9 Å². The molecular weight excluding hydrogens is 1450 g/mol. The number of nitrogens with zero attached hydrogens (tertiary/aromatic N) is 2. The Morgan fingerprint density at radius 2 is 0.622 bits per heavy atom. The first kappa shape index (κ1) is 88.0. The van der Waals surface area contributed by atoms with Gasteiger partial charge in [0.25, 0.3) is 11.8 Å². The summed E-state index contributed by atoms with van der Waals surface area (Å²) in [7, 11) is 0. The van der Waals surface area contributed by atoms with Crippen molar-refractivity contribution in [1.82, 2.24) is 21.0 Å². The molecule has 5 rings (SSSR count). The van der Waals surface area contributed by atoms with Gasteiger partial charge in [-0.25, -0.2) is 0 Å². The van der Waals surface area contributed by atoms with E-state index in [2.05, 4.69) is 140 Å². The lowest BCUT2D eigenvalue weighted by Crippen LogP contribution is -2.41. The maximum absolute atomic E-state index is 13.4. The van der Waals surface area contributed by atoms with E-state index in [0.717, 1.165) is 92.6 Å². The molecule has 2 N–H and O–H groups in total. The summed E-state index contributed by atoms with van der Waals surface area (Å²) in [4.78, 5) is 26.1. The molecule has 4 aromatic carbocycles. The summed E-state index contributed by atoms with van der Waals surface area (Å²) in [6.07, 6.45) is 42.6. The van der Waals surface area contributed by atoms with Crippen LogP contribution in [-0.2, 0) is 15.2 Å². The highest BCUT2D eigenvalue weighted by Crippen LogP contribution is 2.61. The average Bonchev–Trinajstić information content (AvgIpc) is 1.01. The Labute approximate surface area is 621 Å². The van der Waals surface area contributed by atoms with Crippen molar-refractivity contribution in [2.24, 2.45) is 0 Å². The van der Waals surface area contributed by atoms with Gasteiger partial charge in [0.15, 0.2) is 23.0 Å². The topological polar surface area (TPSA) is 170 Å². The third-order valence-electron chi connectivity index (χ3n) is 16.5. The van der Waals surface area contributed by atoms with E-state index in [1.807, 2.05) is 36.4 Å². The van der Waals surface area contributed by atoms with Gasteiger partial charge in [-0.1, -0.05) is 290 Å². The molecule has 20 heteroatoms. The second-order valence-electron chi connectivity index (χ2n) is 25.2. The van der Waals surface area contributed by atoms with Crippen molar-refractivity contribution in [1.29, 1.82) is 0 Å². The normalized spacial score (nSPS) is 11.1. The number of ether oxygens (including phenoxy) is 6. The molecule has 0 aliphatic carbocycles. The average molecular weight is 1570 g/mol. The first-order valence-electron chi connectivity index (χ1n) is 37.3. The minimum absolute atomic E-state index is 0.336. The number of unbranched alkanes of at least 4 members (excludes halogenated alkanes) is 30. The van der Waals surface area contributed by atoms with E-state index in [1.54, 1.807) is 24.3 Å². The number of hydrazine groups is 1. The van der Waals surface area contributed by atoms with Crippen LogP contribution in [0, 0.1) is 0 Å². The van der Waals surface area contributed by atoms with Gasteiger partial charge in [-0.3, -0.25) is 25.0 Å². The van der Waals surface area contributed by atoms with Crippen LogP contribution in [0.2, 0.25) is 0 Å². The molecule has 1 heterocycles. The van der Waals surface area contributed by atoms with Gasteiger partial charge in [-0.15, -0.1) is 10.2 Å².